The molecule has 2 rings (SSSR count). The van der Waals surface area contributed by atoms with E-state index in [1.165, 1.54) is 0 Å². The Morgan fingerprint density at radius 3 is 2.79 bits per heavy atom. The smallest absolute Gasteiger partial charge is 0.243 e. The molecule has 14 heavy (non-hydrogen) atoms. The van der Waals surface area contributed by atoms with E-state index in [2.05, 4.69) is 20.5 Å². The monoisotopic (exact) mass is 194 g/mol. The lowest BCUT2D eigenvalue weighted by Crippen LogP contribution is -2.21. The third kappa shape index (κ3) is 1.98. The number of hydrogen-bond donors (Lipinski definition) is 1. The van der Waals surface area contributed by atoms with Gasteiger partial charge in [0, 0.05) is 6.61 Å². The Labute approximate surface area is 82.9 Å². The van der Waals surface area contributed by atoms with E-state index in [0.717, 1.165) is 31.0 Å². The molecule has 1 aliphatic rings. The highest BCUT2D eigenvalue weighted by Crippen LogP contribution is 2.09. The van der Waals surface area contributed by atoms with Crippen molar-refractivity contribution in [3.8, 4) is 0 Å². The molecule has 1 N–H and O–H groups in total. The summed E-state index contributed by atoms with van der Waals surface area (Å²) in [5, 5.41) is 11.2. The van der Waals surface area contributed by atoms with Crippen LogP contribution in [0.5, 0.6) is 0 Å². The van der Waals surface area contributed by atoms with Crippen LogP contribution in [0.25, 0.3) is 0 Å². The minimum absolute atomic E-state index is 0.332. The summed E-state index contributed by atoms with van der Waals surface area (Å²) in [6.45, 7) is 5.38. The van der Waals surface area contributed by atoms with Crippen molar-refractivity contribution in [2.24, 2.45) is 0 Å². The highest BCUT2D eigenvalue weighted by molar-refractivity contribution is 5.26. The molecule has 0 radical (unpaired) electrons. The van der Waals surface area contributed by atoms with Gasteiger partial charge in [0.05, 0.1) is 24.0 Å². The summed E-state index contributed by atoms with van der Waals surface area (Å²) in [6.07, 6.45) is 1.01. The van der Waals surface area contributed by atoms with Crippen molar-refractivity contribution in [3.05, 3.63) is 11.4 Å². The van der Waals surface area contributed by atoms with Crippen LogP contribution in [0.1, 0.15) is 17.8 Å². The average Bonchev–Trinajstić information content (AvgIpc) is 2.64. The standard InChI is InChI=1S/C9H14N4O/c1-6-7(2)12-13-9(10-6)11-8-3-4-14-5-8/h8H,3-5H2,1-2H3,(H,10,11,13). The van der Waals surface area contributed by atoms with Gasteiger partial charge in [-0.25, -0.2) is 4.98 Å². The molecule has 2 heterocycles. The van der Waals surface area contributed by atoms with Crippen molar-refractivity contribution in [1.82, 2.24) is 15.2 Å². The Morgan fingerprint density at radius 1 is 1.29 bits per heavy atom. The van der Waals surface area contributed by atoms with E-state index in [1.807, 2.05) is 13.8 Å². The second-order valence-electron chi connectivity index (χ2n) is 3.51. The summed E-state index contributed by atoms with van der Waals surface area (Å²) in [5.41, 5.74) is 1.79. The minimum atomic E-state index is 0.332. The Morgan fingerprint density at radius 2 is 2.14 bits per heavy atom. The Hall–Kier alpha value is -1.23. The van der Waals surface area contributed by atoms with Crippen molar-refractivity contribution in [3.63, 3.8) is 0 Å². The van der Waals surface area contributed by atoms with E-state index in [9.17, 15) is 0 Å². The van der Waals surface area contributed by atoms with Gasteiger partial charge in [0.2, 0.25) is 5.95 Å². The summed E-state index contributed by atoms with van der Waals surface area (Å²) in [7, 11) is 0. The Kier molecular flexibility index (Phi) is 2.58. The Bertz CT molecular complexity index is 323. The normalized spacial score (nSPS) is 21.1. The predicted octanol–water partition coefficient (Wildman–Crippen LogP) is 0.689. The lowest BCUT2D eigenvalue weighted by Gasteiger charge is -2.10. The summed E-state index contributed by atoms with van der Waals surface area (Å²) in [5.74, 6) is 0.601. The summed E-state index contributed by atoms with van der Waals surface area (Å²) in [6, 6.07) is 0.332. The zero-order valence-corrected chi connectivity index (χ0v) is 8.45. The van der Waals surface area contributed by atoms with Crippen molar-refractivity contribution >= 4 is 5.95 Å². The second kappa shape index (κ2) is 3.88. The van der Waals surface area contributed by atoms with E-state index in [4.69, 9.17) is 4.74 Å². The van der Waals surface area contributed by atoms with Crippen LogP contribution >= 0.6 is 0 Å². The number of aryl methyl sites for hydroxylation is 2. The van der Waals surface area contributed by atoms with E-state index in [0.29, 0.717) is 12.0 Å². The van der Waals surface area contributed by atoms with Gasteiger partial charge in [-0.3, -0.25) is 0 Å². The predicted molar refractivity (Wildman–Crippen MR) is 52.1 cm³/mol. The molecule has 1 fully saturated rings. The molecule has 5 heteroatoms. The van der Waals surface area contributed by atoms with E-state index >= 15 is 0 Å². The number of hydrogen-bond acceptors (Lipinski definition) is 5. The molecule has 0 aromatic carbocycles. The maximum Gasteiger partial charge on any atom is 0.243 e. The topological polar surface area (TPSA) is 59.9 Å². The van der Waals surface area contributed by atoms with Crippen molar-refractivity contribution in [1.29, 1.82) is 0 Å². The first-order valence-corrected chi connectivity index (χ1v) is 4.78. The first kappa shape index (κ1) is 9.33. The molecule has 1 aromatic heterocycles. The summed E-state index contributed by atoms with van der Waals surface area (Å²) in [4.78, 5) is 4.30. The fourth-order valence-corrected chi connectivity index (χ4v) is 1.35. The minimum Gasteiger partial charge on any atom is -0.379 e. The van der Waals surface area contributed by atoms with E-state index in [1.54, 1.807) is 0 Å². The maximum absolute atomic E-state index is 5.24. The molecule has 0 spiro atoms. The number of anilines is 1. The molecule has 1 atom stereocenters. The fraction of sp³-hybridized carbons (Fsp3) is 0.667. The number of aromatic nitrogens is 3. The molecule has 0 amide bonds. The largest absolute Gasteiger partial charge is 0.379 e. The number of ether oxygens (including phenoxy) is 1. The number of rotatable bonds is 2. The first-order chi connectivity index (χ1) is 6.75. The van der Waals surface area contributed by atoms with E-state index < -0.39 is 0 Å². The van der Waals surface area contributed by atoms with Crippen LogP contribution < -0.4 is 5.32 Å². The van der Waals surface area contributed by atoms with Gasteiger partial charge < -0.3 is 10.1 Å². The molecule has 76 valence electrons. The molecule has 5 nitrogen and oxygen atoms in total. The van der Waals surface area contributed by atoms with Gasteiger partial charge in [-0.2, -0.15) is 5.10 Å². The quantitative estimate of drug-likeness (QED) is 0.750. The fourth-order valence-electron chi connectivity index (χ4n) is 1.35. The molecule has 1 aromatic rings. The first-order valence-electron chi connectivity index (χ1n) is 4.78. The van der Waals surface area contributed by atoms with Crippen molar-refractivity contribution in [2.45, 2.75) is 26.3 Å². The summed E-state index contributed by atoms with van der Waals surface area (Å²) < 4.78 is 5.24. The third-order valence-corrected chi connectivity index (χ3v) is 2.35. The van der Waals surface area contributed by atoms with Gasteiger partial charge >= 0.3 is 0 Å². The highest BCUT2D eigenvalue weighted by Gasteiger charge is 2.16. The second-order valence-corrected chi connectivity index (χ2v) is 3.51. The summed E-state index contributed by atoms with van der Waals surface area (Å²) >= 11 is 0. The SMILES string of the molecule is Cc1nnc(NC2CCOC2)nc1C. The van der Waals surface area contributed by atoms with Crippen molar-refractivity contribution in [2.75, 3.05) is 18.5 Å². The van der Waals surface area contributed by atoms with Gasteiger partial charge in [-0.15, -0.1) is 5.10 Å². The van der Waals surface area contributed by atoms with Gasteiger partial charge in [0.15, 0.2) is 0 Å². The molecular weight excluding hydrogens is 180 g/mol. The van der Waals surface area contributed by atoms with E-state index in [-0.39, 0.29) is 0 Å². The molecule has 1 aliphatic heterocycles. The zero-order valence-electron chi connectivity index (χ0n) is 8.45. The lowest BCUT2D eigenvalue weighted by molar-refractivity contribution is 0.195. The Balaban J connectivity index is 2.05. The van der Waals surface area contributed by atoms with Gasteiger partial charge in [-0.1, -0.05) is 0 Å². The van der Waals surface area contributed by atoms with Crippen LogP contribution in [0, 0.1) is 13.8 Å². The van der Waals surface area contributed by atoms with Crippen LogP contribution in [0.15, 0.2) is 0 Å². The van der Waals surface area contributed by atoms with Crippen LogP contribution in [0.2, 0.25) is 0 Å². The number of nitrogens with zero attached hydrogens (tertiary/aromatic N) is 3. The zero-order chi connectivity index (χ0) is 9.97. The van der Waals surface area contributed by atoms with Gasteiger partial charge in [0.1, 0.15) is 0 Å². The van der Waals surface area contributed by atoms with Crippen LogP contribution in [-0.4, -0.2) is 34.4 Å². The molecule has 0 bridgehead atoms. The molecule has 0 aliphatic carbocycles. The third-order valence-electron chi connectivity index (χ3n) is 2.35. The maximum atomic E-state index is 5.24. The molecule has 1 saturated heterocycles. The van der Waals surface area contributed by atoms with Gasteiger partial charge in [-0.05, 0) is 20.3 Å². The average molecular weight is 194 g/mol. The van der Waals surface area contributed by atoms with Crippen LogP contribution in [0.3, 0.4) is 0 Å². The lowest BCUT2D eigenvalue weighted by atomic mass is 10.3. The van der Waals surface area contributed by atoms with Crippen LogP contribution in [-0.2, 0) is 4.74 Å². The van der Waals surface area contributed by atoms with Gasteiger partial charge in [0.25, 0.3) is 0 Å². The van der Waals surface area contributed by atoms with Crippen molar-refractivity contribution < 1.29 is 4.74 Å². The highest BCUT2D eigenvalue weighted by atomic mass is 16.5. The number of nitrogens with one attached hydrogen (secondary N) is 1. The molecule has 1 unspecified atom stereocenters. The molecular formula is C9H14N4O. The molecule has 0 saturated carbocycles. The van der Waals surface area contributed by atoms with Crippen LogP contribution in [0.4, 0.5) is 5.95 Å².